The summed E-state index contributed by atoms with van der Waals surface area (Å²) >= 11 is 1.41. The van der Waals surface area contributed by atoms with Crippen LogP contribution in [0.15, 0.2) is 77.7 Å². The molecule has 0 aromatic heterocycles. The average Bonchev–Trinajstić information content (AvgIpc) is 2.96. The van der Waals surface area contributed by atoms with Crippen molar-refractivity contribution in [1.29, 1.82) is 0 Å². The number of carbonyl (C=O) groups excluding carboxylic acids is 1. The van der Waals surface area contributed by atoms with Gasteiger partial charge in [-0.15, -0.1) is 11.8 Å². The molecule has 3 aromatic carbocycles. The largest absolute Gasteiger partial charge is 0.481 e. The average molecular weight is 566 g/mol. The van der Waals surface area contributed by atoms with E-state index in [1.807, 2.05) is 30.3 Å². The van der Waals surface area contributed by atoms with E-state index in [0.29, 0.717) is 28.3 Å². The van der Waals surface area contributed by atoms with Gasteiger partial charge in [0.05, 0.1) is 24.4 Å². The molecule has 1 fully saturated rings. The fourth-order valence-corrected chi connectivity index (χ4v) is 5.43. The molecular weight excluding hydrogens is 534 g/mol. The van der Waals surface area contributed by atoms with E-state index in [-0.39, 0.29) is 49.5 Å². The highest BCUT2D eigenvalue weighted by atomic mass is 32.2. The Morgan fingerprint density at radius 2 is 1.68 bits per heavy atom. The highest BCUT2D eigenvalue weighted by molar-refractivity contribution is 7.99. The van der Waals surface area contributed by atoms with Gasteiger partial charge in [-0.25, -0.2) is 4.79 Å². The Balaban J connectivity index is 1.51. The first-order valence-corrected chi connectivity index (χ1v) is 13.9. The number of aliphatic hydroxyl groups is 1. The van der Waals surface area contributed by atoms with E-state index in [9.17, 15) is 24.6 Å². The number of hydrogen-bond donors (Lipinski definition) is 4. The number of ether oxygens (including phenoxy) is 2. The summed E-state index contributed by atoms with van der Waals surface area (Å²) in [6.45, 7) is -0.0609. The molecule has 0 saturated carbocycles. The van der Waals surface area contributed by atoms with Crippen LogP contribution in [0.1, 0.15) is 65.1 Å². The molecule has 0 radical (unpaired) electrons. The van der Waals surface area contributed by atoms with Gasteiger partial charge in [-0.3, -0.25) is 9.59 Å². The predicted octanol–water partition coefficient (Wildman–Crippen LogP) is 5.41. The Kier molecular flexibility index (Phi) is 10.3. The number of anilines is 1. The molecule has 210 valence electrons. The molecule has 4 rings (SSSR count). The van der Waals surface area contributed by atoms with E-state index in [1.54, 1.807) is 42.5 Å². The first-order chi connectivity index (χ1) is 19.3. The van der Waals surface area contributed by atoms with Crippen molar-refractivity contribution in [2.45, 2.75) is 55.7 Å². The van der Waals surface area contributed by atoms with Crippen LogP contribution in [0.5, 0.6) is 0 Å². The number of carboxylic acid groups (broad SMARTS) is 2. The zero-order valence-corrected chi connectivity index (χ0v) is 22.5. The van der Waals surface area contributed by atoms with Gasteiger partial charge in [0.1, 0.15) is 0 Å². The summed E-state index contributed by atoms with van der Waals surface area (Å²) in [6, 6.07) is 21.5. The van der Waals surface area contributed by atoms with Gasteiger partial charge in [0, 0.05) is 41.2 Å². The van der Waals surface area contributed by atoms with Crippen molar-refractivity contribution in [2.75, 3.05) is 11.1 Å². The van der Waals surface area contributed by atoms with Crippen LogP contribution in [-0.2, 0) is 25.7 Å². The lowest BCUT2D eigenvalue weighted by Gasteiger charge is -2.36. The third kappa shape index (κ3) is 8.15. The molecule has 40 heavy (non-hydrogen) atoms. The lowest BCUT2D eigenvalue weighted by molar-refractivity contribution is -0.245. The third-order valence-electron chi connectivity index (χ3n) is 6.39. The van der Waals surface area contributed by atoms with Crippen molar-refractivity contribution in [3.05, 3.63) is 95.1 Å². The molecule has 9 nitrogen and oxygen atoms in total. The molecule has 3 unspecified atom stereocenters. The summed E-state index contributed by atoms with van der Waals surface area (Å²) in [6.07, 6.45) is -0.540. The lowest BCUT2D eigenvalue weighted by atomic mass is 10.0. The summed E-state index contributed by atoms with van der Waals surface area (Å²) in [7, 11) is 0. The zero-order valence-electron chi connectivity index (χ0n) is 21.7. The molecule has 1 heterocycles. The Labute approximate surface area is 236 Å². The van der Waals surface area contributed by atoms with Gasteiger partial charge in [-0.05, 0) is 41.8 Å². The van der Waals surface area contributed by atoms with Gasteiger partial charge in [0.15, 0.2) is 6.29 Å². The zero-order chi connectivity index (χ0) is 28.5. The second kappa shape index (κ2) is 14.1. The predicted molar refractivity (Wildman–Crippen MR) is 149 cm³/mol. The normalized spacial score (nSPS) is 18.7. The Morgan fingerprint density at radius 3 is 2.40 bits per heavy atom. The summed E-state index contributed by atoms with van der Waals surface area (Å²) < 4.78 is 12.7. The third-order valence-corrected chi connectivity index (χ3v) is 7.60. The topological polar surface area (TPSA) is 142 Å². The smallest absolute Gasteiger partial charge is 0.336 e. The van der Waals surface area contributed by atoms with Crippen molar-refractivity contribution in [2.24, 2.45) is 0 Å². The quantitative estimate of drug-likeness (QED) is 0.212. The SMILES string of the molecule is O=C(O)CCCC(=O)Nc1cccc(C2OC(CSc3ccccc3C(=O)O)CC(c3ccc(CO)cc3)O2)c1. The van der Waals surface area contributed by atoms with Gasteiger partial charge in [-0.1, -0.05) is 48.5 Å². The van der Waals surface area contributed by atoms with Crippen molar-refractivity contribution in [3.8, 4) is 0 Å². The molecule has 1 saturated heterocycles. The van der Waals surface area contributed by atoms with Gasteiger partial charge in [0.25, 0.3) is 0 Å². The molecule has 0 bridgehead atoms. The van der Waals surface area contributed by atoms with Crippen molar-refractivity contribution >= 4 is 35.3 Å². The number of nitrogens with one attached hydrogen (secondary N) is 1. The molecule has 1 aliphatic rings. The fourth-order valence-electron chi connectivity index (χ4n) is 4.36. The number of benzene rings is 3. The maximum Gasteiger partial charge on any atom is 0.336 e. The number of rotatable bonds is 12. The lowest BCUT2D eigenvalue weighted by Crippen LogP contribution is -2.31. The second-order valence-electron chi connectivity index (χ2n) is 9.38. The fraction of sp³-hybridized carbons (Fsp3) is 0.300. The molecule has 0 aliphatic carbocycles. The van der Waals surface area contributed by atoms with Gasteiger partial charge in [-0.2, -0.15) is 0 Å². The van der Waals surface area contributed by atoms with E-state index in [4.69, 9.17) is 14.6 Å². The molecule has 1 amide bonds. The first kappa shape index (κ1) is 29.3. The summed E-state index contributed by atoms with van der Waals surface area (Å²) in [5.74, 6) is -1.72. The minimum absolute atomic E-state index is 0.0609. The number of carbonyl (C=O) groups is 3. The number of thioether (sulfide) groups is 1. The minimum Gasteiger partial charge on any atom is -0.481 e. The van der Waals surface area contributed by atoms with Crippen LogP contribution in [0.25, 0.3) is 0 Å². The molecule has 1 aliphatic heterocycles. The highest BCUT2D eigenvalue weighted by Gasteiger charge is 2.32. The van der Waals surface area contributed by atoms with E-state index in [0.717, 1.165) is 11.1 Å². The molecule has 3 atom stereocenters. The number of aliphatic carboxylic acids is 1. The van der Waals surface area contributed by atoms with Crippen LogP contribution in [0.4, 0.5) is 5.69 Å². The monoisotopic (exact) mass is 565 g/mol. The van der Waals surface area contributed by atoms with Gasteiger partial charge < -0.3 is 30.1 Å². The minimum atomic E-state index is -0.988. The number of aliphatic hydroxyl groups excluding tert-OH is 1. The Bertz CT molecular complexity index is 1330. The standard InChI is InChI=1S/C30H31NO8S/c32-17-19-11-13-20(14-12-19)25-16-23(18-40-26-8-2-1-7-24(26)29(36)37)38-30(39-25)21-5-3-6-22(15-21)31-27(33)9-4-10-28(34)35/h1-3,5-8,11-15,23,25,30,32H,4,9-10,16-18H2,(H,31,33)(H,34,35)(H,36,37). The van der Waals surface area contributed by atoms with Crippen molar-refractivity contribution in [1.82, 2.24) is 0 Å². The van der Waals surface area contributed by atoms with Crippen LogP contribution >= 0.6 is 11.8 Å². The van der Waals surface area contributed by atoms with Crippen molar-refractivity contribution < 1.29 is 39.2 Å². The summed E-state index contributed by atoms with van der Waals surface area (Å²) in [5, 5.41) is 30.6. The van der Waals surface area contributed by atoms with E-state index >= 15 is 0 Å². The van der Waals surface area contributed by atoms with Gasteiger partial charge in [0.2, 0.25) is 5.91 Å². The maximum atomic E-state index is 12.3. The van der Waals surface area contributed by atoms with E-state index < -0.39 is 18.2 Å². The van der Waals surface area contributed by atoms with E-state index in [2.05, 4.69) is 5.32 Å². The second-order valence-corrected chi connectivity index (χ2v) is 10.4. The number of carboxylic acids is 2. The Hall–Kier alpha value is -3.70. The highest BCUT2D eigenvalue weighted by Crippen LogP contribution is 2.40. The summed E-state index contributed by atoms with van der Waals surface area (Å²) in [5.41, 5.74) is 3.19. The van der Waals surface area contributed by atoms with Crippen LogP contribution in [-0.4, -0.2) is 45.0 Å². The van der Waals surface area contributed by atoms with E-state index in [1.165, 1.54) is 11.8 Å². The maximum absolute atomic E-state index is 12.3. The van der Waals surface area contributed by atoms with Crippen LogP contribution < -0.4 is 5.32 Å². The van der Waals surface area contributed by atoms with Crippen LogP contribution in [0.2, 0.25) is 0 Å². The number of amides is 1. The Morgan fingerprint density at radius 1 is 0.900 bits per heavy atom. The number of hydrogen-bond acceptors (Lipinski definition) is 7. The summed E-state index contributed by atoms with van der Waals surface area (Å²) in [4.78, 5) is 35.3. The molecule has 10 heteroatoms. The molecule has 0 spiro atoms. The van der Waals surface area contributed by atoms with Gasteiger partial charge >= 0.3 is 11.9 Å². The van der Waals surface area contributed by atoms with Crippen molar-refractivity contribution in [3.63, 3.8) is 0 Å². The number of aromatic carboxylic acids is 1. The van der Waals surface area contributed by atoms with Crippen LogP contribution in [0.3, 0.4) is 0 Å². The molecule has 4 N–H and O–H groups in total. The first-order valence-electron chi connectivity index (χ1n) is 12.9. The molecular formula is C30H31NO8S. The van der Waals surface area contributed by atoms with Crippen LogP contribution in [0, 0.1) is 0 Å². The molecule has 3 aromatic rings.